The van der Waals surface area contributed by atoms with Crippen molar-refractivity contribution >= 4 is 5.96 Å². The van der Waals surface area contributed by atoms with Crippen molar-refractivity contribution < 1.29 is 4.74 Å². The first kappa shape index (κ1) is 21.3. The van der Waals surface area contributed by atoms with Gasteiger partial charge in [0.25, 0.3) is 0 Å². The third-order valence-corrected chi connectivity index (χ3v) is 4.28. The quantitative estimate of drug-likeness (QED) is 0.476. The van der Waals surface area contributed by atoms with Crippen LogP contribution in [0, 0.1) is 0 Å². The molecule has 0 saturated carbocycles. The summed E-state index contributed by atoms with van der Waals surface area (Å²) >= 11 is 0. The molecule has 0 aliphatic heterocycles. The zero-order chi connectivity index (χ0) is 18.5. The summed E-state index contributed by atoms with van der Waals surface area (Å²) in [6.45, 7) is 16.0. The number of aliphatic imine (C=N–C) groups is 1. The molecule has 2 N–H and O–H groups in total. The van der Waals surface area contributed by atoms with Gasteiger partial charge >= 0.3 is 0 Å². The van der Waals surface area contributed by atoms with Crippen LogP contribution < -0.4 is 15.4 Å². The molecule has 0 spiro atoms. The maximum atomic E-state index is 6.01. The monoisotopic (exact) mass is 348 g/mol. The van der Waals surface area contributed by atoms with Crippen LogP contribution in [0.2, 0.25) is 0 Å². The molecule has 0 amide bonds. The summed E-state index contributed by atoms with van der Waals surface area (Å²) < 4.78 is 6.01. The van der Waals surface area contributed by atoms with Crippen LogP contribution in [-0.4, -0.2) is 49.7 Å². The van der Waals surface area contributed by atoms with E-state index in [4.69, 9.17) is 9.73 Å². The van der Waals surface area contributed by atoms with Crippen molar-refractivity contribution in [2.75, 3.05) is 32.8 Å². The lowest BCUT2D eigenvalue weighted by atomic mass is 10.2. The molecule has 0 bridgehead atoms. The summed E-state index contributed by atoms with van der Waals surface area (Å²) in [5.41, 5.74) is 1.11. The summed E-state index contributed by atoms with van der Waals surface area (Å²) in [6.07, 6.45) is 1.06. The van der Waals surface area contributed by atoms with Crippen LogP contribution in [0.1, 0.15) is 46.6 Å². The second kappa shape index (κ2) is 12.6. The first-order chi connectivity index (χ1) is 12.1. The van der Waals surface area contributed by atoms with E-state index in [-0.39, 0.29) is 0 Å². The Morgan fingerprint density at radius 2 is 1.88 bits per heavy atom. The van der Waals surface area contributed by atoms with Crippen LogP contribution in [-0.2, 0) is 6.54 Å². The summed E-state index contributed by atoms with van der Waals surface area (Å²) in [6, 6.07) is 8.57. The van der Waals surface area contributed by atoms with E-state index in [1.807, 2.05) is 18.2 Å². The van der Waals surface area contributed by atoms with Gasteiger partial charge in [-0.1, -0.05) is 39.0 Å². The van der Waals surface area contributed by atoms with E-state index in [2.05, 4.69) is 56.2 Å². The smallest absolute Gasteiger partial charge is 0.191 e. The molecular weight excluding hydrogens is 312 g/mol. The molecule has 142 valence electrons. The van der Waals surface area contributed by atoms with Crippen LogP contribution in [0.15, 0.2) is 29.3 Å². The molecule has 5 nitrogen and oxygen atoms in total. The van der Waals surface area contributed by atoms with Crippen molar-refractivity contribution in [3.05, 3.63) is 29.8 Å². The first-order valence-corrected chi connectivity index (χ1v) is 9.62. The van der Waals surface area contributed by atoms with Gasteiger partial charge in [-0.3, -0.25) is 0 Å². The van der Waals surface area contributed by atoms with E-state index in [0.717, 1.165) is 49.9 Å². The zero-order valence-electron chi connectivity index (χ0n) is 16.6. The fraction of sp³-hybridized carbons (Fsp3) is 0.650. The normalized spacial score (nSPS) is 13.0. The molecule has 25 heavy (non-hydrogen) atoms. The molecule has 0 fully saturated rings. The van der Waals surface area contributed by atoms with Gasteiger partial charge in [0.2, 0.25) is 0 Å². The number of nitrogens with one attached hydrogen (secondary N) is 2. The summed E-state index contributed by atoms with van der Waals surface area (Å²) in [4.78, 5) is 7.07. The highest BCUT2D eigenvalue weighted by molar-refractivity contribution is 5.80. The number of nitrogens with zero attached hydrogens (tertiary/aromatic N) is 2. The van der Waals surface area contributed by atoms with Gasteiger partial charge in [0.05, 0.1) is 6.54 Å². The predicted octanol–water partition coefficient (Wildman–Crippen LogP) is 3.26. The van der Waals surface area contributed by atoms with Crippen molar-refractivity contribution in [2.24, 2.45) is 4.99 Å². The Kier molecular flexibility index (Phi) is 10.7. The van der Waals surface area contributed by atoms with Gasteiger partial charge in [-0.25, -0.2) is 4.99 Å². The van der Waals surface area contributed by atoms with Gasteiger partial charge in [0.15, 0.2) is 5.96 Å². The van der Waals surface area contributed by atoms with Crippen LogP contribution in [0.4, 0.5) is 0 Å². The molecule has 1 atom stereocenters. The Labute approximate surface area is 153 Å². The van der Waals surface area contributed by atoms with Crippen LogP contribution in [0.3, 0.4) is 0 Å². The van der Waals surface area contributed by atoms with E-state index < -0.39 is 0 Å². The maximum Gasteiger partial charge on any atom is 0.191 e. The number of benzene rings is 1. The molecule has 5 heteroatoms. The largest absolute Gasteiger partial charge is 0.492 e. The van der Waals surface area contributed by atoms with Crippen LogP contribution >= 0.6 is 0 Å². The number of likely N-dealkylation sites (N-methyl/N-ethyl adjacent to an activating group) is 1. The number of hydrogen-bond acceptors (Lipinski definition) is 3. The minimum absolute atomic E-state index is 0.401. The molecule has 1 unspecified atom stereocenters. The van der Waals surface area contributed by atoms with Crippen LogP contribution in [0.25, 0.3) is 0 Å². The zero-order valence-corrected chi connectivity index (χ0v) is 16.6. The van der Waals surface area contributed by atoms with E-state index in [0.29, 0.717) is 19.2 Å². The number of ether oxygens (including phenoxy) is 1. The second-order valence-electron chi connectivity index (χ2n) is 6.13. The summed E-state index contributed by atoms with van der Waals surface area (Å²) in [7, 11) is 0. The molecule has 0 aliphatic rings. The summed E-state index contributed by atoms with van der Waals surface area (Å²) in [5, 5.41) is 6.72. The number of para-hydroxylation sites is 1. The SMILES string of the molecule is CCNC(=NCc1ccccc1OCCN(CC)CC)NC(C)CC. The molecule has 1 aromatic carbocycles. The van der Waals surface area contributed by atoms with Crippen LogP contribution in [0.5, 0.6) is 5.75 Å². The fourth-order valence-corrected chi connectivity index (χ4v) is 2.42. The standard InChI is InChI=1S/C20H36N4O/c1-6-17(5)23-20(21-7-2)22-16-18-12-10-11-13-19(18)25-15-14-24(8-3)9-4/h10-13,17H,6-9,14-16H2,1-5H3,(H2,21,22,23). The van der Waals surface area contributed by atoms with Gasteiger partial charge in [0, 0.05) is 24.7 Å². The highest BCUT2D eigenvalue weighted by Gasteiger charge is 2.06. The Bertz CT molecular complexity index is 500. The molecule has 0 aliphatic carbocycles. The maximum absolute atomic E-state index is 6.01. The van der Waals surface area contributed by atoms with Gasteiger partial charge in [-0.2, -0.15) is 0 Å². The summed E-state index contributed by atoms with van der Waals surface area (Å²) in [5.74, 6) is 1.78. The second-order valence-corrected chi connectivity index (χ2v) is 6.13. The van der Waals surface area contributed by atoms with Crippen molar-refractivity contribution in [3.8, 4) is 5.75 Å². The predicted molar refractivity (Wildman–Crippen MR) is 107 cm³/mol. The van der Waals surface area contributed by atoms with Crippen molar-refractivity contribution in [1.82, 2.24) is 15.5 Å². The average Bonchev–Trinajstić information content (AvgIpc) is 2.64. The molecule has 0 aromatic heterocycles. The third kappa shape index (κ3) is 8.25. The minimum atomic E-state index is 0.401. The highest BCUT2D eigenvalue weighted by Crippen LogP contribution is 2.18. The fourth-order valence-electron chi connectivity index (χ4n) is 2.42. The van der Waals surface area contributed by atoms with E-state index >= 15 is 0 Å². The van der Waals surface area contributed by atoms with E-state index in [1.54, 1.807) is 0 Å². The highest BCUT2D eigenvalue weighted by atomic mass is 16.5. The van der Waals surface area contributed by atoms with E-state index in [9.17, 15) is 0 Å². The lowest BCUT2D eigenvalue weighted by Crippen LogP contribution is -2.41. The molecule has 1 rings (SSSR count). The molecule has 0 saturated heterocycles. The van der Waals surface area contributed by atoms with E-state index in [1.165, 1.54) is 0 Å². The molecule has 1 aromatic rings. The lowest BCUT2D eigenvalue weighted by molar-refractivity contribution is 0.221. The molecule has 0 radical (unpaired) electrons. The Balaban J connectivity index is 2.69. The van der Waals surface area contributed by atoms with Gasteiger partial charge in [-0.05, 0) is 39.4 Å². The van der Waals surface area contributed by atoms with Crippen molar-refractivity contribution in [2.45, 2.75) is 53.6 Å². The minimum Gasteiger partial charge on any atom is -0.492 e. The molecule has 0 heterocycles. The average molecular weight is 349 g/mol. The van der Waals surface area contributed by atoms with Crippen molar-refractivity contribution in [3.63, 3.8) is 0 Å². The number of hydrogen-bond donors (Lipinski definition) is 2. The Morgan fingerprint density at radius 1 is 1.16 bits per heavy atom. The lowest BCUT2D eigenvalue weighted by Gasteiger charge is -2.19. The Morgan fingerprint density at radius 3 is 2.52 bits per heavy atom. The third-order valence-electron chi connectivity index (χ3n) is 4.28. The molecular formula is C20H36N4O. The van der Waals surface area contributed by atoms with Crippen molar-refractivity contribution in [1.29, 1.82) is 0 Å². The van der Waals surface area contributed by atoms with Gasteiger partial charge in [0.1, 0.15) is 12.4 Å². The topological polar surface area (TPSA) is 48.9 Å². The first-order valence-electron chi connectivity index (χ1n) is 9.62. The van der Waals surface area contributed by atoms with Gasteiger partial charge < -0.3 is 20.3 Å². The number of rotatable bonds is 11. The number of guanidine groups is 1. The van der Waals surface area contributed by atoms with Gasteiger partial charge in [-0.15, -0.1) is 0 Å². The Hall–Kier alpha value is -1.75.